The van der Waals surface area contributed by atoms with Gasteiger partial charge in [0.15, 0.2) is 0 Å². The monoisotopic (exact) mass is 360 g/mol. The highest BCUT2D eigenvalue weighted by atomic mass is 16.6. The number of carbonyl (C=O) groups excluding carboxylic acids is 1. The van der Waals surface area contributed by atoms with Gasteiger partial charge in [0.25, 0.3) is 0 Å². The lowest BCUT2D eigenvalue weighted by Crippen LogP contribution is -2.48. The molecule has 0 radical (unpaired) electrons. The lowest BCUT2D eigenvalue weighted by atomic mass is 9.74. The Balaban J connectivity index is 1.71. The van der Waals surface area contributed by atoms with E-state index < -0.39 is 5.41 Å². The van der Waals surface area contributed by atoms with E-state index in [-0.39, 0.29) is 18.1 Å². The van der Waals surface area contributed by atoms with Gasteiger partial charge < -0.3 is 19.6 Å². The number of nitrogens with zero attached hydrogens (tertiary/aromatic N) is 1. The third-order valence-electron chi connectivity index (χ3n) is 5.12. The number of carbonyl (C=O) groups is 1. The van der Waals surface area contributed by atoms with E-state index in [0.717, 1.165) is 29.9 Å². The van der Waals surface area contributed by atoms with Crippen LogP contribution in [0, 0.1) is 5.41 Å². The second kappa shape index (κ2) is 8.08. The fraction of sp³-hybridized carbons (Fsp3) is 0.600. The van der Waals surface area contributed by atoms with E-state index in [1.165, 1.54) is 0 Å². The van der Waals surface area contributed by atoms with Gasteiger partial charge in [0.2, 0.25) is 5.91 Å². The molecule has 0 bridgehead atoms. The summed E-state index contributed by atoms with van der Waals surface area (Å²) in [7, 11) is 1.65. The first-order valence-electron chi connectivity index (χ1n) is 9.29. The fourth-order valence-electron chi connectivity index (χ4n) is 3.72. The van der Waals surface area contributed by atoms with Gasteiger partial charge in [-0.25, -0.2) is 0 Å². The van der Waals surface area contributed by atoms with Gasteiger partial charge in [-0.2, -0.15) is 0 Å². The van der Waals surface area contributed by atoms with E-state index in [1.807, 2.05) is 38.1 Å². The number of ether oxygens (including phenoxy) is 2. The first-order valence-corrected chi connectivity index (χ1v) is 9.29. The highest BCUT2D eigenvalue weighted by molar-refractivity contribution is 6.03. The second-order valence-electron chi connectivity index (χ2n) is 7.39. The maximum Gasteiger partial charge on any atom is 0.226 e. The van der Waals surface area contributed by atoms with Gasteiger partial charge in [0, 0.05) is 37.7 Å². The second-order valence-corrected chi connectivity index (χ2v) is 7.39. The van der Waals surface area contributed by atoms with Crippen LogP contribution in [0.4, 0.5) is 0 Å². The summed E-state index contributed by atoms with van der Waals surface area (Å²) in [5, 5.41) is 7.37. The SMILES string of the molecule is COc1ccccc1C1=NO[C@H](CC2(C(=O)NC(C)C)CCOCC2)C1. The normalized spacial score (nSPS) is 21.8. The number of oxime groups is 1. The molecular weight excluding hydrogens is 332 g/mol. The van der Waals surface area contributed by atoms with Crippen LogP contribution in [-0.4, -0.2) is 44.1 Å². The number of benzene rings is 1. The molecule has 2 aliphatic heterocycles. The average Bonchev–Trinajstić information content (AvgIpc) is 3.10. The van der Waals surface area contributed by atoms with Crippen molar-refractivity contribution in [1.82, 2.24) is 5.32 Å². The van der Waals surface area contributed by atoms with Crippen LogP contribution in [0.2, 0.25) is 0 Å². The van der Waals surface area contributed by atoms with Gasteiger partial charge in [0.05, 0.1) is 18.2 Å². The molecule has 1 N–H and O–H groups in total. The molecule has 1 amide bonds. The lowest BCUT2D eigenvalue weighted by molar-refractivity contribution is -0.140. The smallest absolute Gasteiger partial charge is 0.226 e. The molecule has 3 rings (SSSR count). The molecule has 0 aliphatic carbocycles. The quantitative estimate of drug-likeness (QED) is 0.847. The van der Waals surface area contributed by atoms with Crippen molar-refractivity contribution in [2.45, 2.75) is 51.7 Å². The summed E-state index contributed by atoms with van der Waals surface area (Å²) in [6.45, 7) is 5.19. The molecule has 2 aliphatic rings. The molecule has 26 heavy (non-hydrogen) atoms. The zero-order valence-electron chi connectivity index (χ0n) is 15.8. The molecule has 1 saturated heterocycles. The van der Waals surface area contributed by atoms with Crippen molar-refractivity contribution < 1.29 is 19.1 Å². The van der Waals surface area contributed by atoms with Gasteiger partial charge in [0.1, 0.15) is 11.9 Å². The van der Waals surface area contributed by atoms with E-state index in [2.05, 4.69) is 10.5 Å². The number of amides is 1. The molecule has 142 valence electrons. The largest absolute Gasteiger partial charge is 0.496 e. The van der Waals surface area contributed by atoms with Crippen molar-refractivity contribution in [2.75, 3.05) is 20.3 Å². The first-order chi connectivity index (χ1) is 12.5. The van der Waals surface area contributed by atoms with Crippen molar-refractivity contribution in [3.63, 3.8) is 0 Å². The Labute approximate surface area is 154 Å². The van der Waals surface area contributed by atoms with Crippen molar-refractivity contribution >= 4 is 11.6 Å². The summed E-state index contributed by atoms with van der Waals surface area (Å²) < 4.78 is 10.9. The molecule has 1 aromatic carbocycles. The minimum absolute atomic E-state index is 0.102. The molecule has 2 heterocycles. The summed E-state index contributed by atoms with van der Waals surface area (Å²) in [5.74, 6) is 0.888. The molecule has 0 spiro atoms. The Hall–Kier alpha value is -2.08. The first kappa shape index (κ1) is 18.7. The Morgan fingerprint density at radius 2 is 2.08 bits per heavy atom. The number of methoxy groups -OCH3 is 1. The molecule has 0 saturated carbocycles. The number of rotatable bonds is 6. The Bertz CT molecular complexity index is 666. The Morgan fingerprint density at radius 1 is 1.35 bits per heavy atom. The number of hydrogen-bond donors (Lipinski definition) is 1. The molecule has 0 unspecified atom stereocenters. The molecule has 1 atom stereocenters. The average molecular weight is 360 g/mol. The highest BCUT2D eigenvalue weighted by Gasteiger charge is 2.44. The standard InChI is InChI=1S/C20H28N2O4/c1-14(2)21-19(23)20(8-10-25-11-9-20)13-15-12-17(22-26-15)16-6-4-5-7-18(16)24-3/h4-7,14-15H,8-13H2,1-3H3,(H,21,23)/t15-/m0/s1. The van der Waals surface area contributed by atoms with Gasteiger partial charge in [-0.05, 0) is 38.8 Å². The molecular formula is C20H28N2O4. The third kappa shape index (κ3) is 4.01. The maximum atomic E-state index is 12.9. The summed E-state index contributed by atoms with van der Waals surface area (Å²) >= 11 is 0. The number of para-hydroxylation sites is 1. The van der Waals surface area contributed by atoms with E-state index in [9.17, 15) is 4.79 Å². The van der Waals surface area contributed by atoms with Crippen LogP contribution in [0.25, 0.3) is 0 Å². The summed E-state index contributed by atoms with van der Waals surface area (Å²) in [6.07, 6.45) is 2.66. The summed E-state index contributed by atoms with van der Waals surface area (Å²) in [4.78, 5) is 18.6. The maximum absolute atomic E-state index is 12.9. The van der Waals surface area contributed by atoms with Gasteiger partial charge in [-0.3, -0.25) is 4.79 Å². The molecule has 6 nitrogen and oxygen atoms in total. The van der Waals surface area contributed by atoms with E-state index in [0.29, 0.717) is 26.1 Å². The molecule has 0 aromatic heterocycles. The lowest BCUT2D eigenvalue weighted by Gasteiger charge is -2.37. The third-order valence-corrected chi connectivity index (χ3v) is 5.12. The van der Waals surface area contributed by atoms with Gasteiger partial charge in [-0.15, -0.1) is 0 Å². The van der Waals surface area contributed by atoms with Gasteiger partial charge in [-0.1, -0.05) is 17.3 Å². The van der Waals surface area contributed by atoms with E-state index in [1.54, 1.807) is 7.11 Å². The minimum Gasteiger partial charge on any atom is -0.496 e. The topological polar surface area (TPSA) is 69.2 Å². The van der Waals surface area contributed by atoms with Crippen molar-refractivity contribution in [2.24, 2.45) is 10.6 Å². The van der Waals surface area contributed by atoms with Gasteiger partial charge >= 0.3 is 0 Å². The van der Waals surface area contributed by atoms with Crippen LogP contribution >= 0.6 is 0 Å². The Morgan fingerprint density at radius 3 is 2.77 bits per heavy atom. The molecule has 1 aromatic rings. The van der Waals surface area contributed by atoms with Crippen LogP contribution < -0.4 is 10.1 Å². The van der Waals surface area contributed by atoms with Crippen LogP contribution in [0.5, 0.6) is 5.75 Å². The molecule has 1 fully saturated rings. The van der Waals surface area contributed by atoms with Crippen LogP contribution in [0.1, 0.15) is 45.1 Å². The Kier molecular flexibility index (Phi) is 5.81. The van der Waals surface area contributed by atoms with Crippen LogP contribution in [0.3, 0.4) is 0 Å². The van der Waals surface area contributed by atoms with Crippen molar-refractivity contribution in [3.8, 4) is 5.75 Å². The van der Waals surface area contributed by atoms with Crippen LogP contribution in [-0.2, 0) is 14.4 Å². The zero-order valence-corrected chi connectivity index (χ0v) is 15.8. The summed E-state index contributed by atoms with van der Waals surface area (Å²) in [5.41, 5.74) is 1.38. The van der Waals surface area contributed by atoms with E-state index >= 15 is 0 Å². The number of nitrogens with one attached hydrogen (secondary N) is 1. The van der Waals surface area contributed by atoms with Crippen molar-refractivity contribution in [1.29, 1.82) is 0 Å². The van der Waals surface area contributed by atoms with Crippen LogP contribution in [0.15, 0.2) is 29.4 Å². The van der Waals surface area contributed by atoms with Crippen molar-refractivity contribution in [3.05, 3.63) is 29.8 Å². The minimum atomic E-state index is -0.446. The predicted molar refractivity (Wildman–Crippen MR) is 99.4 cm³/mol. The highest BCUT2D eigenvalue weighted by Crippen LogP contribution is 2.39. The fourth-order valence-corrected chi connectivity index (χ4v) is 3.72. The summed E-state index contributed by atoms with van der Waals surface area (Å²) in [6, 6.07) is 7.92. The zero-order chi connectivity index (χ0) is 18.6. The predicted octanol–water partition coefficient (Wildman–Crippen LogP) is 2.90. The van der Waals surface area contributed by atoms with E-state index in [4.69, 9.17) is 14.3 Å². The number of hydrogen-bond acceptors (Lipinski definition) is 5. The molecule has 6 heteroatoms.